The molecule has 1 aliphatic carbocycles. The molecule has 2 aromatic rings. The van der Waals surface area contributed by atoms with Crippen LogP contribution in [0.4, 0.5) is 5.69 Å². The molecule has 1 heterocycles. The summed E-state index contributed by atoms with van der Waals surface area (Å²) in [6, 6.07) is 15.9. The van der Waals surface area contributed by atoms with Crippen LogP contribution in [0, 0.1) is 0 Å². The first kappa shape index (κ1) is 21.4. The summed E-state index contributed by atoms with van der Waals surface area (Å²) in [7, 11) is 1.62. The highest BCUT2D eigenvalue weighted by Gasteiger charge is 2.46. The molecule has 6 nitrogen and oxygen atoms in total. The van der Waals surface area contributed by atoms with Crippen LogP contribution in [0.5, 0.6) is 11.5 Å². The average molecular weight is 423 g/mol. The predicted molar refractivity (Wildman–Crippen MR) is 122 cm³/mol. The highest BCUT2D eigenvalue weighted by Crippen LogP contribution is 2.48. The van der Waals surface area contributed by atoms with Crippen molar-refractivity contribution in [1.29, 1.82) is 0 Å². The maximum atomic E-state index is 10.4. The topological polar surface area (TPSA) is 72.0 Å². The SMILES string of the molecule is COc1ccccc1OCCNCC(O)COC1C=CC=C2Nc3ccccc3C21C. The van der Waals surface area contributed by atoms with E-state index in [2.05, 4.69) is 47.9 Å². The van der Waals surface area contributed by atoms with Crippen LogP contribution < -0.4 is 20.1 Å². The van der Waals surface area contributed by atoms with E-state index in [1.165, 1.54) is 5.56 Å². The van der Waals surface area contributed by atoms with Crippen molar-refractivity contribution in [3.8, 4) is 11.5 Å². The van der Waals surface area contributed by atoms with E-state index in [0.29, 0.717) is 31.2 Å². The number of rotatable bonds is 10. The van der Waals surface area contributed by atoms with Crippen molar-refractivity contribution in [1.82, 2.24) is 5.32 Å². The number of benzene rings is 2. The predicted octanol–water partition coefficient (Wildman–Crippen LogP) is 3.25. The molecule has 0 bridgehead atoms. The van der Waals surface area contributed by atoms with E-state index in [1.807, 2.05) is 36.4 Å². The molecule has 164 valence electrons. The molecule has 0 saturated heterocycles. The molecular formula is C25H30N2O4. The maximum absolute atomic E-state index is 10.4. The fraction of sp³-hybridized carbons (Fsp3) is 0.360. The van der Waals surface area contributed by atoms with Gasteiger partial charge in [-0.25, -0.2) is 0 Å². The molecule has 1 aliphatic heterocycles. The van der Waals surface area contributed by atoms with Crippen LogP contribution in [0.1, 0.15) is 12.5 Å². The zero-order chi connectivity index (χ0) is 21.7. The van der Waals surface area contributed by atoms with E-state index < -0.39 is 6.10 Å². The molecule has 2 aliphatic rings. The Morgan fingerprint density at radius 3 is 2.74 bits per heavy atom. The summed E-state index contributed by atoms with van der Waals surface area (Å²) in [5, 5.41) is 17.1. The lowest BCUT2D eigenvalue weighted by Gasteiger charge is -2.36. The van der Waals surface area contributed by atoms with Gasteiger partial charge in [-0.15, -0.1) is 0 Å². The molecule has 3 unspecified atom stereocenters. The minimum absolute atomic E-state index is 0.146. The van der Waals surface area contributed by atoms with Crippen molar-refractivity contribution in [3.05, 3.63) is 78.0 Å². The Morgan fingerprint density at radius 2 is 1.90 bits per heavy atom. The van der Waals surface area contributed by atoms with Gasteiger partial charge in [-0.1, -0.05) is 42.5 Å². The van der Waals surface area contributed by atoms with Gasteiger partial charge in [0.1, 0.15) is 6.61 Å². The molecule has 31 heavy (non-hydrogen) atoms. The molecule has 6 heteroatoms. The molecule has 0 fully saturated rings. The van der Waals surface area contributed by atoms with Gasteiger partial charge in [0.2, 0.25) is 0 Å². The van der Waals surface area contributed by atoms with Crippen LogP contribution >= 0.6 is 0 Å². The number of ether oxygens (including phenoxy) is 3. The van der Waals surface area contributed by atoms with Gasteiger partial charge in [0.15, 0.2) is 11.5 Å². The zero-order valence-corrected chi connectivity index (χ0v) is 18.0. The number of hydrogen-bond donors (Lipinski definition) is 3. The third-order valence-corrected chi connectivity index (χ3v) is 5.89. The molecule has 2 aromatic carbocycles. The second-order valence-corrected chi connectivity index (χ2v) is 7.95. The highest BCUT2D eigenvalue weighted by atomic mass is 16.5. The van der Waals surface area contributed by atoms with E-state index >= 15 is 0 Å². The first-order valence-electron chi connectivity index (χ1n) is 10.6. The van der Waals surface area contributed by atoms with E-state index in [-0.39, 0.29) is 18.1 Å². The summed E-state index contributed by atoms with van der Waals surface area (Å²) in [5.74, 6) is 1.42. The molecule has 0 aromatic heterocycles. The Bertz CT molecular complexity index is 958. The van der Waals surface area contributed by atoms with E-state index in [4.69, 9.17) is 14.2 Å². The van der Waals surface area contributed by atoms with Crippen molar-refractivity contribution in [2.45, 2.75) is 24.5 Å². The Balaban J connectivity index is 1.23. The Morgan fingerprint density at radius 1 is 1.13 bits per heavy atom. The largest absolute Gasteiger partial charge is 0.493 e. The Labute approximate surface area is 183 Å². The number of fused-ring (bicyclic) bond motifs is 3. The molecular weight excluding hydrogens is 392 g/mol. The van der Waals surface area contributed by atoms with Gasteiger partial charge in [0.25, 0.3) is 0 Å². The Hall–Kier alpha value is -2.80. The number of nitrogens with one attached hydrogen (secondary N) is 2. The second kappa shape index (κ2) is 9.56. The second-order valence-electron chi connectivity index (χ2n) is 7.95. The molecule has 0 radical (unpaired) electrons. The lowest BCUT2D eigenvalue weighted by Crippen LogP contribution is -2.42. The quantitative estimate of drug-likeness (QED) is 0.511. The lowest BCUT2D eigenvalue weighted by molar-refractivity contribution is -0.0116. The zero-order valence-electron chi connectivity index (χ0n) is 18.0. The van der Waals surface area contributed by atoms with Gasteiger partial charge in [-0.2, -0.15) is 0 Å². The van der Waals surface area contributed by atoms with Crippen molar-refractivity contribution in [2.75, 3.05) is 38.7 Å². The first-order chi connectivity index (χ1) is 15.1. The number of aliphatic hydroxyl groups excluding tert-OH is 1. The molecule has 0 amide bonds. The minimum atomic E-state index is -0.609. The molecule has 3 N–H and O–H groups in total. The summed E-state index contributed by atoms with van der Waals surface area (Å²) < 4.78 is 17.2. The fourth-order valence-corrected chi connectivity index (χ4v) is 4.17. The molecule has 0 spiro atoms. The van der Waals surface area contributed by atoms with Gasteiger partial charge in [0, 0.05) is 24.5 Å². The van der Waals surface area contributed by atoms with Crippen molar-refractivity contribution in [2.24, 2.45) is 0 Å². The number of methoxy groups -OCH3 is 1. The molecule has 3 atom stereocenters. The van der Waals surface area contributed by atoms with Crippen molar-refractivity contribution < 1.29 is 19.3 Å². The van der Waals surface area contributed by atoms with Crippen LogP contribution in [-0.4, -0.2) is 50.7 Å². The highest BCUT2D eigenvalue weighted by molar-refractivity contribution is 5.70. The van der Waals surface area contributed by atoms with Gasteiger partial charge >= 0.3 is 0 Å². The Kier molecular flexibility index (Phi) is 6.61. The lowest BCUT2D eigenvalue weighted by atomic mass is 9.74. The van der Waals surface area contributed by atoms with Gasteiger partial charge in [-0.3, -0.25) is 0 Å². The van der Waals surface area contributed by atoms with Crippen LogP contribution in [-0.2, 0) is 10.2 Å². The summed E-state index contributed by atoms with van der Waals surface area (Å²) in [6.07, 6.45) is 5.42. The van der Waals surface area contributed by atoms with Gasteiger partial charge < -0.3 is 30.0 Å². The van der Waals surface area contributed by atoms with E-state index in [0.717, 1.165) is 11.4 Å². The van der Waals surface area contributed by atoms with E-state index in [1.54, 1.807) is 7.11 Å². The normalized spacial score (nSPS) is 22.2. The van der Waals surface area contributed by atoms with Crippen LogP contribution in [0.3, 0.4) is 0 Å². The number of hydrogen-bond acceptors (Lipinski definition) is 6. The fourth-order valence-electron chi connectivity index (χ4n) is 4.17. The van der Waals surface area contributed by atoms with Crippen LogP contribution in [0.25, 0.3) is 0 Å². The third kappa shape index (κ3) is 4.46. The number of anilines is 1. The monoisotopic (exact) mass is 422 g/mol. The number of aliphatic hydroxyl groups is 1. The molecule has 4 rings (SSSR count). The minimum Gasteiger partial charge on any atom is -0.493 e. The maximum Gasteiger partial charge on any atom is 0.161 e. The standard InChI is InChI=1S/C25H30N2O4/c1-25-19-8-3-4-9-20(19)27-23(25)12-7-13-24(25)31-17-18(28)16-26-14-15-30-22-11-6-5-10-21(22)29-2/h3-13,18,24,26-28H,14-17H2,1-2H3. The van der Waals surface area contributed by atoms with Gasteiger partial charge in [0.05, 0.1) is 31.3 Å². The van der Waals surface area contributed by atoms with Crippen molar-refractivity contribution >= 4 is 5.69 Å². The average Bonchev–Trinajstić information content (AvgIpc) is 3.10. The van der Waals surface area contributed by atoms with Crippen LogP contribution in [0.15, 0.2) is 72.5 Å². The summed E-state index contributed by atoms with van der Waals surface area (Å²) in [6.45, 7) is 3.96. The summed E-state index contributed by atoms with van der Waals surface area (Å²) >= 11 is 0. The van der Waals surface area contributed by atoms with E-state index in [9.17, 15) is 5.11 Å². The summed E-state index contributed by atoms with van der Waals surface area (Å²) in [4.78, 5) is 0. The number of allylic oxidation sites excluding steroid dienone is 2. The molecule has 0 saturated carbocycles. The first-order valence-corrected chi connectivity index (χ1v) is 10.6. The van der Waals surface area contributed by atoms with Crippen LogP contribution in [0.2, 0.25) is 0 Å². The third-order valence-electron chi connectivity index (χ3n) is 5.89. The summed E-state index contributed by atoms with van der Waals surface area (Å²) in [5.41, 5.74) is 3.19. The number of para-hydroxylation sites is 3. The smallest absolute Gasteiger partial charge is 0.161 e. The van der Waals surface area contributed by atoms with Gasteiger partial charge in [-0.05, 0) is 36.8 Å². The van der Waals surface area contributed by atoms with Crippen molar-refractivity contribution in [3.63, 3.8) is 0 Å².